The molecule has 1 aliphatic heterocycles. The summed E-state index contributed by atoms with van der Waals surface area (Å²) in [5, 5.41) is 0.108. The molecule has 1 atom stereocenters. The van der Waals surface area contributed by atoms with Gasteiger partial charge in [-0.05, 0) is 35.7 Å². The number of carbonyl (C=O) groups is 1. The molecule has 0 radical (unpaired) electrons. The molecule has 1 unspecified atom stereocenters. The summed E-state index contributed by atoms with van der Waals surface area (Å²) in [5.41, 5.74) is -0.338. The summed E-state index contributed by atoms with van der Waals surface area (Å²) in [4.78, 5) is 29.8. The number of nitrogens with zero attached hydrogens (tertiary/aromatic N) is 3. The van der Waals surface area contributed by atoms with E-state index in [9.17, 15) is 9.59 Å². The van der Waals surface area contributed by atoms with Crippen LogP contribution in [0.1, 0.15) is 25.8 Å². The average Bonchev–Trinajstić information content (AvgIpc) is 2.88. The van der Waals surface area contributed by atoms with Crippen molar-refractivity contribution in [2.75, 3.05) is 13.1 Å². The van der Waals surface area contributed by atoms with Gasteiger partial charge in [-0.2, -0.15) is 0 Å². The van der Waals surface area contributed by atoms with Crippen molar-refractivity contribution in [3.05, 3.63) is 26.3 Å². The van der Waals surface area contributed by atoms with Gasteiger partial charge in [0.05, 0.1) is 6.33 Å². The topological polar surface area (TPSA) is 55.2 Å². The second kappa shape index (κ2) is 5.40. The van der Waals surface area contributed by atoms with Crippen LogP contribution < -0.4 is 5.56 Å². The average molecular weight is 335 g/mol. The smallest absolute Gasteiger partial charge is 0.269 e. The maximum absolute atomic E-state index is 12.2. The molecular formula is C11H13BrClN3O2. The molecule has 98 valence electrons. The van der Waals surface area contributed by atoms with E-state index in [0.29, 0.717) is 0 Å². The lowest BCUT2D eigenvalue weighted by atomic mass is 10.3. The fourth-order valence-electron chi connectivity index (χ4n) is 2.02. The number of likely N-dealkylation sites (tertiary alicyclic amines) is 1. The van der Waals surface area contributed by atoms with Crippen molar-refractivity contribution >= 4 is 33.4 Å². The van der Waals surface area contributed by atoms with Crippen LogP contribution in [0.2, 0.25) is 5.15 Å². The van der Waals surface area contributed by atoms with Crippen LogP contribution in [0.15, 0.2) is 15.6 Å². The van der Waals surface area contributed by atoms with Gasteiger partial charge in [0.1, 0.15) is 10.5 Å². The van der Waals surface area contributed by atoms with Gasteiger partial charge in [0, 0.05) is 13.1 Å². The molecule has 0 N–H and O–H groups in total. The summed E-state index contributed by atoms with van der Waals surface area (Å²) in [6.45, 7) is 3.23. The minimum Gasteiger partial charge on any atom is -0.341 e. The molecule has 1 aromatic heterocycles. The van der Waals surface area contributed by atoms with E-state index in [4.69, 9.17) is 11.6 Å². The van der Waals surface area contributed by atoms with Crippen molar-refractivity contribution in [2.24, 2.45) is 0 Å². The van der Waals surface area contributed by atoms with Gasteiger partial charge in [0.25, 0.3) is 5.56 Å². The molecule has 1 fully saturated rings. The first-order valence-corrected chi connectivity index (χ1v) is 6.90. The highest BCUT2D eigenvalue weighted by Crippen LogP contribution is 2.18. The van der Waals surface area contributed by atoms with Crippen molar-refractivity contribution < 1.29 is 4.79 Å². The Morgan fingerprint density at radius 1 is 1.50 bits per heavy atom. The predicted octanol–water partition coefficient (Wildman–Crippen LogP) is 1.84. The SMILES string of the molecule is CC(C(=O)N1CCCC1)n1cnc(Cl)c(Br)c1=O. The van der Waals surface area contributed by atoms with E-state index in [0.717, 1.165) is 25.9 Å². The Morgan fingerprint density at radius 3 is 2.72 bits per heavy atom. The third-order valence-electron chi connectivity index (χ3n) is 3.09. The van der Waals surface area contributed by atoms with Gasteiger partial charge in [0.2, 0.25) is 5.91 Å². The molecule has 5 nitrogen and oxygen atoms in total. The van der Waals surface area contributed by atoms with E-state index in [1.807, 2.05) is 0 Å². The summed E-state index contributed by atoms with van der Waals surface area (Å²) in [6, 6.07) is -0.559. The first-order valence-electron chi connectivity index (χ1n) is 5.73. The summed E-state index contributed by atoms with van der Waals surface area (Å²) in [6.07, 6.45) is 3.36. The fraction of sp³-hybridized carbons (Fsp3) is 0.545. The van der Waals surface area contributed by atoms with Crippen molar-refractivity contribution in [3.63, 3.8) is 0 Å². The quantitative estimate of drug-likeness (QED) is 0.776. The van der Waals surface area contributed by atoms with Gasteiger partial charge in [-0.15, -0.1) is 0 Å². The lowest BCUT2D eigenvalue weighted by Crippen LogP contribution is -2.38. The van der Waals surface area contributed by atoms with Crippen molar-refractivity contribution in [1.29, 1.82) is 0 Å². The fourth-order valence-corrected chi connectivity index (χ4v) is 2.45. The molecule has 0 aromatic carbocycles. The van der Waals surface area contributed by atoms with Crippen LogP contribution in [0.3, 0.4) is 0 Å². The van der Waals surface area contributed by atoms with Crippen molar-refractivity contribution in [1.82, 2.24) is 14.5 Å². The number of hydrogen-bond donors (Lipinski definition) is 0. The van der Waals surface area contributed by atoms with Gasteiger partial charge in [-0.1, -0.05) is 11.6 Å². The summed E-state index contributed by atoms with van der Waals surface area (Å²) in [5.74, 6) is -0.0503. The van der Waals surface area contributed by atoms with Crippen LogP contribution in [0.25, 0.3) is 0 Å². The molecule has 0 saturated carbocycles. The zero-order valence-electron chi connectivity index (χ0n) is 9.90. The molecule has 1 amide bonds. The lowest BCUT2D eigenvalue weighted by molar-refractivity contribution is -0.133. The van der Waals surface area contributed by atoms with Gasteiger partial charge in [-0.3, -0.25) is 14.2 Å². The van der Waals surface area contributed by atoms with Crippen LogP contribution >= 0.6 is 27.5 Å². The second-order valence-electron chi connectivity index (χ2n) is 4.27. The van der Waals surface area contributed by atoms with E-state index in [-0.39, 0.29) is 21.1 Å². The molecule has 7 heteroatoms. The minimum absolute atomic E-state index is 0.0503. The van der Waals surface area contributed by atoms with E-state index < -0.39 is 6.04 Å². The standard InChI is InChI=1S/C11H13BrClN3O2/c1-7(10(17)15-4-2-3-5-15)16-6-14-9(13)8(12)11(16)18/h6-7H,2-5H2,1H3. The molecule has 1 saturated heterocycles. The van der Waals surface area contributed by atoms with Gasteiger partial charge >= 0.3 is 0 Å². The first-order chi connectivity index (χ1) is 8.52. The molecular weight excluding hydrogens is 321 g/mol. The van der Waals surface area contributed by atoms with Gasteiger partial charge in [-0.25, -0.2) is 4.98 Å². The van der Waals surface area contributed by atoms with Gasteiger partial charge in [0.15, 0.2) is 5.15 Å². The summed E-state index contributed by atoms with van der Waals surface area (Å²) in [7, 11) is 0. The number of aromatic nitrogens is 2. The van der Waals surface area contributed by atoms with E-state index in [1.54, 1.807) is 11.8 Å². The zero-order chi connectivity index (χ0) is 13.3. The minimum atomic E-state index is -0.559. The third-order valence-corrected chi connectivity index (χ3v) is 4.32. The third kappa shape index (κ3) is 2.44. The normalized spacial score (nSPS) is 16.9. The maximum atomic E-state index is 12.2. The second-order valence-corrected chi connectivity index (χ2v) is 5.42. The molecule has 18 heavy (non-hydrogen) atoms. The molecule has 2 heterocycles. The molecule has 1 aromatic rings. The largest absolute Gasteiger partial charge is 0.341 e. The number of carbonyl (C=O) groups excluding carboxylic acids is 1. The molecule has 0 bridgehead atoms. The Balaban J connectivity index is 2.28. The Hall–Kier alpha value is -0.880. The van der Waals surface area contributed by atoms with E-state index in [1.165, 1.54) is 10.9 Å². The van der Waals surface area contributed by atoms with E-state index in [2.05, 4.69) is 20.9 Å². The Kier molecular flexibility index (Phi) is 4.07. The summed E-state index contributed by atoms with van der Waals surface area (Å²) < 4.78 is 1.49. The van der Waals surface area contributed by atoms with Crippen LogP contribution in [-0.4, -0.2) is 33.4 Å². The van der Waals surface area contributed by atoms with Crippen LogP contribution in [0.4, 0.5) is 0 Å². The van der Waals surface area contributed by atoms with Crippen molar-refractivity contribution in [3.8, 4) is 0 Å². The zero-order valence-corrected chi connectivity index (χ0v) is 12.2. The van der Waals surface area contributed by atoms with Crippen LogP contribution in [-0.2, 0) is 4.79 Å². The number of rotatable bonds is 2. The monoisotopic (exact) mass is 333 g/mol. The number of amides is 1. The molecule has 0 aliphatic carbocycles. The van der Waals surface area contributed by atoms with Crippen LogP contribution in [0, 0.1) is 0 Å². The Morgan fingerprint density at radius 2 is 2.11 bits per heavy atom. The summed E-state index contributed by atoms with van der Waals surface area (Å²) >= 11 is 8.81. The molecule has 1 aliphatic rings. The maximum Gasteiger partial charge on any atom is 0.269 e. The van der Waals surface area contributed by atoms with Gasteiger partial charge < -0.3 is 4.90 Å². The molecule has 2 rings (SSSR count). The number of halogens is 2. The molecule has 0 spiro atoms. The van der Waals surface area contributed by atoms with E-state index >= 15 is 0 Å². The predicted molar refractivity (Wildman–Crippen MR) is 71.7 cm³/mol. The first kappa shape index (κ1) is 13.5. The lowest BCUT2D eigenvalue weighted by Gasteiger charge is -2.21. The van der Waals surface area contributed by atoms with Crippen molar-refractivity contribution in [2.45, 2.75) is 25.8 Å². The highest BCUT2D eigenvalue weighted by atomic mass is 79.9. The van der Waals surface area contributed by atoms with Crippen LogP contribution in [0.5, 0.6) is 0 Å². The highest BCUT2D eigenvalue weighted by molar-refractivity contribution is 9.10. The number of hydrogen-bond acceptors (Lipinski definition) is 3. The highest BCUT2D eigenvalue weighted by Gasteiger charge is 2.25. The Bertz CT molecular complexity index is 526. The Labute approximate surface area is 118 Å².